The highest BCUT2D eigenvalue weighted by Crippen LogP contribution is 2.18. The third kappa shape index (κ3) is 1.38. The fourth-order valence-electron chi connectivity index (χ4n) is 0.402. The summed E-state index contributed by atoms with van der Waals surface area (Å²) in [6, 6.07) is 0. The Balaban J connectivity index is 2.33. The van der Waals surface area contributed by atoms with Crippen LogP contribution in [-0.2, 0) is 9.47 Å². The largest absolute Gasteiger partial charge is 0.342 e. The van der Waals surface area contributed by atoms with Gasteiger partial charge < -0.3 is 9.47 Å². The Labute approximate surface area is 45.4 Å². The van der Waals surface area contributed by atoms with Gasteiger partial charge in [0.1, 0.15) is 13.2 Å². The van der Waals surface area contributed by atoms with Crippen LogP contribution in [0.5, 0.6) is 0 Å². The molecule has 0 saturated carbocycles. The number of rotatable bonds is 0. The first-order valence-electron chi connectivity index (χ1n) is 2.13. The van der Waals surface area contributed by atoms with E-state index in [1.807, 2.05) is 0 Å². The molecule has 1 aliphatic rings. The van der Waals surface area contributed by atoms with Crippen LogP contribution < -0.4 is 0 Å². The number of alkyl halides is 2. The number of ether oxygens (including phenoxy) is 2. The van der Waals surface area contributed by atoms with Gasteiger partial charge in [-0.2, -0.15) is 0 Å². The minimum atomic E-state index is -2.80. The first-order valence-corrected chi connectivity index (χ1v) is 2.13. The molecule has 1 heterocycles. The zero-order valence-corrected chi connectivity index (χ0v) is 4.06. The third-order valence-electron chi connectivity index (χ3n) is 0.725. The van der Waals surface area contributed by atoms with Crippen LogP contribution in [0.2, 0.25) is 0 Å². The van der Waals surface area contributed by atoms with Gasteiger partial charge in [0, 0.05) is 0 Å². The molecular weight excluding hydrogens is 118 g/mol. The van der Waals surface area contributed by atoms with Crippen LogP contribution in [0.1, 0.15) is 0 Å². The number of hydrogen-bond acceptors (Lipinski definition) is 2. The van der Waals surface area contributed by atoms with E-state index in [0.717, 1.165) is 6.79 Å². The van der Waals surface area contributed by atoms with Crippen molar-refractivity contribution in [2.75, 3.05) is 13.2 Å². The molecule has 0 unspecified atom stereocenters. The van der Waals surface area contributed by atoms with E-state index in [-0.39, 0.29) is 0 Å². The summed E-state index contributed by atoms with van der Waals surface area (Å²) >= 11 is 0. The van der Waals surface area contributed by atoms with E-state index in [1.54, 1.807) is 0 Å². The monoisotopic (exact) mass is 123 g/mol. The van der Waals surface area contributed by atoms with Crippen molar-refractivity contribution < 1.29 is 18.3 Å². The molecule has 1 saturated heterocycles. The van der Waals surface area contributed by atoms with Crippen molar-refractivity contribution in [2.45, 2.75) is 5.92 Å². The molecule has 0 aromatic rings. The number of halogens is 2. The fraction of sp³-hybridized carbons (Fsp3) is 0.750. The highest BCUT2D eigenvalue weighted by molar-refractivity contribution is 4.67. The van der Waals surface area contributed by atoms with Gasteiger partial charge in [0.25, 0.3) is 5.92 Å². The third-order valence-corrected chi connectivity index (χ3v) is 0.725. The maximum Gasteiger partial charge on any atom is 0.293 e. The van der Waals surface area contributed by atoms with Crippen LogP contribution >= 0.6 is 0 Å². The van der Waals surface area contributed by atoms with Crippen LogP contribution in [-0.4, -0.2) is 19.1 Å². The van der Waals surface area contributed by atoms with Crippen molar-refractivity contribution in [2.24, 2.45) is 0 Å². The second kappa shape index (κ2) is 1.95. The molecule has 4 heteroatoms. The van der Waals surface area contributed by atoms with Gasteiger partial charge in [-0.05, 0) is 0 Å². The summed E-state index contributed by atoms with van der Waals surface area (Å²) in [5.74, 6) is -2.80. The summed E-state index contributed by atoms with van der Waals surface area (Å²) in [5.41, 5.74) is 0. The van der Waals surface area contributed by atoms with Crippen LogP contribution in [0.15, 0.2) is 0 Å². The Bertz CT molecular complexity index is 76.1. The summed E-state index contributed by atoms with van der Waals surface area (Å²) in [7, 11) is 0. The molecule has 2 nitrogen and oxygen atoms in total. The van der Waals surface area contributed by atoms with E-state index in [2.05, 4.69) is 9.47 Å². The Hall–Kier alpha value is -0.220. The van der Waals surface area contributed by atoms with E-state index < -0.39 is 19.1 Å². The van der Waals surface area contributed by atoms with Crippen molar-refractivity contribution in [3.05, 3.63) is 6.79 Å². The lowest BCUT2D eigenvalue weighted by Gasteiger charge is -2.20. The Morgan fingerprint density at radius 2 is 1.75 bits per heavy atom. The van der Waals surface area contributed by atoms with E-state index in [0.29, 0.717) is 0 Å². The minimum absolute atomic E-state index is 0.562. The smallest absolute Gasteiger partial charge is 0.293 e. The van der Waals surface area contributed by atoms with Gasteiger partial charge in [0.2, 0.25) is 6.79 Å². The SMILES string of the molecule is FC1(F)CO[CH]OC1. The lowest BCUT2D eigenvalue weighted by atomic mass is 10.4. The van der Waals surface area contributed by atoms with Gasteiger partial charge in [0.15, 0.2) is 0 Å². The Morgan fingerprint density at radius 1 is 1.25 bits per heavy atom. The summed E-state index contributed by atoms with van der Waals surface area (Å²) in [5, 5.41) is 0. The van der Waals surface area contributed by atoms with E-state index in [1.165, 1.54) is 0 Å². The summed E-state index contributed by atoms with van der Waals surface area (Å²) in [6.45, 7) is -0.197. The molecule has 1 radical (unpaired) electrons. The summed E-state index contributed by atoms with van der Waals surface area (Å²) in [4.78, 5) is 0. The average Bonchev–Trinajstić information content (AvgIpc) is 1.65. The van der Waals surface area contributed by atoms with Crippen molar-refractivity contribution >= 4 is 0 Å². The standard InChI is InChI=1S/C4H5F2O2/c5-4(6)1-7-3-8-2-4/h3H,1-2H2. The number of hydrogen-bond donors (Lipinski definition) is 0. The molecule has 0 aromatic heterocycles. The van der Waals surface area contributed by atoms with Crippen molar-refractivity contribution in [3.63, 3.8) is 0 Å². The topological polar surface area (TPSA) is 18.5 Å². The molecule has 0 aromatic carbocycles. The molecule has 0 N–H and O–H groups in total. The normalized spacial score (nSPS) is 27.8. The fourth-order valence-corrected chi connectivity index (χ4v) is 0.402. The zero-order valence-electron chi connectivity index (χ0n) is 4.06. The first-order chi connectivity index (χ1) is 3.71. The maximum atomic E-state index is 11.9. The predicted molar refractivity (Wildman–Crippen MR) is 21.2 cm³/mol. The van der Waals surface area contributed by atoms with E-state index in [9.17, 15) is 8.78 Å². The zero-order chi connectivity index (χ0) is 6.04. The molecule has 1 aliphatic heterocycles. The first kappa shape index (κ1) is 5.91. The minimum Gasteiger partial charge on any atom is -0.342 e. The molecule has 0 amide bonds. The van der Waals surface area contributed by atoms with Gasteiger partial charge in [-0.3, -0.25) is 0 Å². The predicted octanol–water partition coefficient (Wildman–Crippen LogP) is 0.788. The highest BCUT2D eigenvalue weighted by Gasteiger charge is 2.32. The summed E-state index contributed by atoms with van der Waals surface area (Å²) < 4.78 is 32.2. The molecule has 1 fully saturated rings. The van der Waals surface area contributed by atoms with Crippen LogP contribution in [0.4, 0.5) is 8.78 Å². The lowest BCUT2D eigenvalue weighted by molar-refractivity contribution is -0.180. The van der Waals surface area contributed by atoms with Crippen LogP contribution in [0.3, 0.4) is 0 Å². The van der Waals surface area contributed by atoms with Gasteiger partial charge >= 0.3 is 0 Å². The van der Waals surface area contributed by atoms with Gasteiger partial charge in [-0.1, -0.05) is 0 Å². The van der Waals surface area contributed by atoms with Gasteiger partial charge in [0.05, 0.1) is 0 Å². The highest BCUT2D eigenvalue weighted by atomic mass is 19.3. The van der Waals surface area contributed by atoms with E-state index >= 15 is 0 Å². The lowest BCUT2D eigenvalue weighted by Crippen LogP contribution is -2.33. The van der Waals surface area contributed by atoms with Crippen molar-refractivity contribution in [3.8, 4) is 0 Å². The van der Waals surface area contributed by atoms with Crippen LogP contribution in [0.25, 0.3) is 0 Å². The van der Waals surface area contributed by atoms with Gasteiger partial charge in [-0.25, -0.2) is 8.78 Å². The average molecular weight is 123 g/mol. The van der Waals surface area contributed by atoms with Gasteiger partial charge in [-0.15, -0.1) is 0 Å². The Kier molecular flexibility index (Phi) is 1.44. The molecular formula is C4H5F2O2. The Morgan fingerprint density at radius 3 is 2.00 bits per heavy atom. The molecule has 0 aliphatic carbocycles. The molecule has 1 rings (SSSR count). The van der Waals surface area contributed by atoms with Crippen molar-refractivity contribution in [1.82, 2.24) is 0 Å². The quantitative estimate of drug-likeness (QED) is 0.474. The molecule has 47 valence electrons. The molecule has 0 atom stereocenters. The molecule has 0 spiro atoms. The molecule has 8 heavy (non-hydrogen) atoms. The summed E-state index contributed by atoms with van der Waals surface area (Å²) in [6.07, 6.45) is 0. The van der Waals surface area contributed by atoms with Crippen molar-refractivity contribution in [1.29, 1.82) is 0 Å². The molecule has 0 bridgehead atoms. The van der Waals surface area contributed by atoms with E-state index in [4.69, 9.17) is 0 Å². The maximum absolute atomic E-state index is 11.9. The van der Waals surface area contributed by atoms with Crippen LogP contribution in [0, 0.1) is 6.79 Å². The second-order valence-electron chi connectivity index (χ2n) is 1.57. The second-order valence-corrected chi connectivity index (χ2v) is 1.57.